The number of nitrogens with zero attached hydrogens (tertiary/aromatic N) is 1. The molecule has 0 saturated carbocycles. The minimum Gasteiger partial charge on any atom is -0.450 e. The van der Waals surface area contributed by atoms with Crippen molar-refractivity contribution in [3.63, 3.8) is 0 Å². The largest absolute Gasteiger partial charge is 0.450 e. The van der Waals surface area contributed by atoms with E-state index in [9.17, 15) is 9.59 Å². The Morgan fingerprint density at radius 1 is 1.27 bits per heavy atom. The smallest absolute Gasteiger partial charge is 0.409 e. The summed E-state index contributed by atoms with van der Waals surface area (Å²) in [6.07, 6.45) is 1.07. The van der Waals surface area contributed by atoms with Crippen LogP contribution in [-0.2, 0) is 9.53 Å². The zero-order chi connectivity index (χ0) is 16.1. The van der Waals surface area contributed by atoms with Crippen molar-refractivity contribution in [2.75, 3.05) is 25.0 Å². The molecule has 5 nitrogen and oxygen atoms in total. The number of nitrogens with one attached hydrogen (secondary N) is 1. The summed E-state index contributed by atoms with van der Waals surface area (Å²) in [6.45, 7) is 7.31. The van der Waals surface area contributed by atoms with Gasteiger partial charge in [-0.25, -0.2) is 4.79 Å². The van der Waals surface area contributed by atoms with Crippen LogP contribution in [0.25, 0.3) is 0 Å². The summed E-state index contributed by atoms with van der Waals surface area (Å²) in [5.74, 6) is -0.0113. The minimum absolute atomic E-state index is 0.0391. The van der Waals surface area contributed by atoms with Crippen LogP contribution in [0, 0.1) is 19.8 Å². The van der Waals surface area contributed by atoms with Crippen molar-refractivity contribution in [3.05, 3.63) is 29.3 Å². The highest BCUT2D eigenvalue weighted by atomic mass is 16.6. The van der Waals surface area contributed by atoms with E-state index < -0.39 is 0 Å². The second-order valence-electron chi connectivity index (χ2n) is 5.77. The summed E-state index contributed by atoms with van der Waals surface area (Å²) in [7, 11) is 0. The first-order chi connectivity index (χ1) is 10.5. The number of carbonyl (C=O) groups is 2. The molecule has 5 heteroatoms. The molecule has 1 N–H and O–H groups in total. The third-order valence-corrected chi connectivity index (χ3v) is 4.04. The molecular weight excluding hydrogens is 280 g/mol. The molecule has 1 saturated heterocycles. The molecule has 2 rings (SSSR count). The molecule has 2 amide bonds. The Morgan fingerprint density at radius 3 is 2.59 bits per heavy atom. The fourth-order valence-electron chi connectivity index (χ4n) is 2.64. The van der Waals surface area contributed by atoms with Crippen molar-refractivity contribution in [2.45, 2.75) is 33.6 Å². The molecule has 0 bridgehead atoms. The predicted octanol–water partition coefficient (Wildman–Crippen LogP) is 3.11. The van der Waals surface area contributed by atoms with E-state index in [2.05, 4.69) is 5.32 Å². The zero-order valence-electron chi connectivity index (χ0n) is 13.5. The number of rotatable bonds is 3. The first-order valence-electron chi connectivity index (χ1n) is 7.81. The first kappa shape index (κ1) is 16.3. The van der Waals surface area contributed by atoms with Crippen LogP contribution in [-0.4, -0.2) is 36.6 Å². The molecule has 0 aromatic heterocycles. The van der Waals surface area contributed by atoms with Gasteiger partial charge in [-0.2, -0.15) is 0 Å². The lowest BCUT2D eigenvalue weighted by molar-refractivity contribution is -0.121. The van der Waals surface area contributed by atoms with Gasteiger partial charge in [-0.1, -0.05) is 12.1 Å². The second kappa shape index (κ2) is 7.29. The summed E-state index contributed by atoms with van der Waals surface area (Å²) in [5, 5.41) is 3.02. The lowest BCUT2D eigenvalue weighted by Crippen LogP contribution is -2.41. The molecule has 22 heavy (non-hydrogen) atoms. The van der Waals surface area contributed by atoms with Crippen LogP contribution in [0.2, 0.25) is 0 Å². The molecule has 0 unspecified atom stereocenters. The number of hydrogen-bond acceptors (Lipinski definition) is 3. The van der Waals surface area contributed by atoms with Gasteiger partial charge >= 0.3 is 6.09 Å². The van der Waals surface area contributed by atoms with Gasteiger partial charge in [0.25, 0.3) is 0 Å². The van der Waals surface area contributed by atoms with Crippen molar-refractivity contribution in [3.8, 4) is 0 Å². The van der Waals surface area contributed by atoms with Gasteiger partial charge in [0.1, 0.15) is 0 Å². The fraction of sp³-hybridized carbons (Fsp3) is 0.529. The Kier molecular flexibility index (Phi) is 5.41. The van der Waals surface area contributed by atoms with E-state index in [1.165, 1.54) is 0 Å². The first-order valence-corrected chi connectivity index (χ1v) is 7.81. The van der Waals surface area contributed by atoms with Gasteiger partial charge in [0.15, 0.2) is 0 Å². The average Bonchev–Trinajstić information content (AvgIpc) is 2.51. The topological polar surface area (TPSA) is 58.6 Å². The summed E-state index contributed by atoms with van der Waals surface area (Å²) < 4.78 is 4.99. The average molecular weight is 304 g/mol. The van der Waals surface area contributed by atoms with Gasteiger partial charge < -0.3 is 15.0 Å². The molecule has 0 atom stereocenters. The van der Waals surface area contributed by atoms with Crippen molar-refractivity contribution in [1.29, 1.82) is 0 Å². The van der Waals surface area contributed by atoms with E-state index in [4.69, 9.17) is 4.74 Å². The SMILES string of the molecule is CCOC(=O)N1CCC(C(=O)Nc2cc(C)ccc2C)CC1. The maximum Gasteiger partial charge on any atom is 0.409 e. The third kappa shape index (κ3) is 4.00. The van der Waals surface area contributed by atoms with E-state index in [1.807, 2.05) is 32.0 Å². The van der Waals surface area contributed by atoms with E-state index in [1.54, 1.807) is 11.8 Å². The summed E-state index contributed by atoms with van der Waals surface area (Å²) in [5.41, 5.74) is 3.05. The van der Waals surface area contributed by atoms with Crippen LogP contribution < -0.4 is 5.32 Å². The van der Waals surface area contributed by atoms with Crippen molar-refractivity contribution < 1.29 is 14.3 Å². The number of piperidine rings is 1. The van der Waals surface area contributed by atoms with Gasteiger partial charge in [-0.15, -0.1) is 0 Å². The van der Waals surface area contributed by atoms with Gasteiger partial charge in [-0.3, -0.25) is 4.79 Å². The number of amides is 2. The monoisotopic (exact) mass is 304 g/mol. The Labute approximate surface area is 131 Å². The molecule has 1 aromatic rings. The second-order valence-corrected chi connectivity index (χ2v) is 5.77. The minimum atomic E-state index is -0.282. The Morgan fingerprint density at radius 2 is 1.95 bits per heavy atom. The van der Waals surface area contributed by atoms with Crippen molar-refractivity contribution >= 4 is 17.7 Å². The third-order valence-electron chi connectivity index (χ3n) is 4.04. The van der Waals surface area contributed by atoms with Crippen LogP contribution in [0.3, 0.4) is 0 Å². The van der Waals surface area contributed by atoms with Gasteiger partial charge in [0.2, 0.25) is 5.91 Å². The highest BCUT2D eigenvalue weighted by Crippen LogP contribution is 2.22. The molecule has 0 spiro atoms. The number of carbonyl (C=O) groups excluding carboxylic acids is 2. The van der Waals surface area contributed by atoms with E-state index in [-0.39, 0.29) is 17.9 Å². The number of anilines is 1. The predicted molar refractivity (Wildman–Crippen MR) is 85.9 cm³/mol. The summed E-state index contributed by atoms with van der Waals surface area (Å²) in [6, 6.07) is 6.03. The lowest BCUT2D eigenvalue weighted by atomic mass is 9.96. The molecule has 0 aliphatic carbocycles. The molecule has 1 aliphatic heterocycles. The molecule has 1 heterocycles. The highest BCUT2D eigenvalue weighted by Gasteiger charge is 2.28. The number of likely N-dealkylation sites (tertiary alicyclic amines) is 1. The Bertz CT molecular complexity index is 549. The standard InChI is InChI=1S/C17H24N2O3/c1-4-22-17(21)19-9-7-14(8-10-19)16(20)18-15-11-12(2)5-6-13(15)3/h5-6,11,14H,4,7-10H2,1-3H3,(H,18,20). The van der Waals surface area contributed by atoms with Crippen LogP contribution >= 0.6 is 0 Å². The maximum absolute atomic E-state index is 12.4. The molecular formula is C17H24N2O3. The van der Waals surface area contributed by atoms with Crippen LogP contribution in [0.4, 0.5) is 10.5 Å². The molecule has 1 aromatic carbocycles. The van der Waals surface area contributed by atoms with Crippen molar-refractivity contribution in [1.82, 2.24) is 4.90 Å². The number of benzene rings is 1. The Hall–Kier alpha value is -2.04. The van der Waals surface area contributed by atoms with Gasteiger partial charge in [0, 0.05) is 24.7 Å². The Balaban J connectivity index is 1.90. The number of ether oxygens (including phenoxy) is 1. The van der Waals surface area contributed by atoms with Gasteiger partial charge in [-0.05, 0) is 50.8 Å². The number of aryl methyl sites for hydroxylation is 2. The molecule has 1 aliphatic rings. The normalized spacial score (nSPS) is 15.5. The van der Waals surface area contributed by atoms with E-state index in [0.29, 0.717) is 32.5 Å². The summed E-state index contributed by atoms with van der Waals surface area (Å²) in [4.78, 5) is 25.7. The lowest BCUT2D eigenvalue weighted by Gasteiger charge is -2.30. The van der Waals surface area contributed by atoms with E-state index >= 15 is 0 Å². The summed E-state index contributed by atoms with van der Waals surface area (Å²) >= 11 is 0. The van der Waals surface area contributed by atoms with E-state index in [0.717, 1.165) is 16.8 Å². The fourth-order valence-corrected chi connectivity index (χ4v) is 2.64. The highest BCUT2D eigenvalue weighted by molar-refractivity contribution is 5.93. The van der Waals surface area contributed by atoms with Crippen molar-refractivity contribution in [2.24, 2.45) is 5.92 Å². The van der Waals surface area contributed by atoms with Crippen LogP contribution in [0.15, 0.2) is 18.2 Å². The van der Waals surface area contributed by atoms with Crippen LogP contribution in [0.5, 0.6) is 0 Å². The molecule has 1 fully saturated rings. The zero-order valence-corrected chi connectivity index (χ0v) is 13.5. The maximum atomic E-state index is 12.4. The molecule has 120 valence electrons. The quantitative estimate of drug-likeness (QED) is 0.933. The molecule has 0 radical (unpaired) electrons. The number of hydrogen-bond donors (Lipinski definition) is 1. The van der Waals surface area contributed by atoms with Gasteiger partial charge in [0.05, 0.1) is 6.61 Å². The van der Waals surface area contributed by atoms with Crippen LogP contribution in [0.1, 0.15) is 30.9 Å².